The molecule has 2 rings (SSSR count). The lowest BCUT2D eigenvalue weighted by Crippen LogP contribution is -2.51. The number of hydrogen-bond acceptors (Lipinski definition) is 4. The van der Waals surface area contributed by atoms with Crippen molar-refractivity contribution in [2.45, 2.75) is 43.0 Å². The fourth-order valence-corrected chi connectivity index (χ4v) is 4.42. The van der Waals surface area contributed by atoms with Gasteiger partial charge in [0.15, 0.2) is 0 Å². The number of piperidine rings is 1. The van der Waals surface area contributed by atoms with Crippen LogP contribution in [0.5, 0.6) is 0 Å². The highest BCUT2D eigenvalue weighted by Crippen LogP contribution is 2.25. The molecule has 1 heterocycles. The molecule has 1 aliphatic heterocycles. The lowest BCUT2D eigenvalue weighted by atomic mass is 10.0. The summed E-state index contributed by atoms with van der Waals surface area (Å²) in [6.45, 7) is 0.388. The van der Waals surface area contributed by atoms with Crippen molar-refractivity contribution in [3.63, 3.8) is 0 Å². The van der Waals surface area contributed by atoms with Crippen molar-refractivity contribution in [1.82, 2.24) is 9.62 Å². The minimum Gasteiger partial charge on any atom is -0.481 e. The number of carboxylic acids is 1. The molecule has 0 spiro atoms. The summed E-state index contributed by atoms with van der Waals surface area (Å²) in [7, 11) is -3.91. The molecule has 1 fully saturated rings. The third-order valence-corrected chi connectivity index (χ3v) is 5.97. The lowest BCUT2D eigenvalue weighted by Gasteiger charge is -2.33. The van der Waals surface area contributed by atoms with Gasteiger partial charge in [0.05, 0.1) is 4.90 Å². The number of amides is 1. The Balaban J connectivity index is 2.10. The third-order valence-electron chi connectivity index (χ3n) is 4.04. The van der Waals surface area contributed by atoms with Gasteiger partial charge >= 0.3 is 5.97 Å². The zero-order valence-electron chi connectivity index (χ0n) is 13.7. The molecule has 1 aliphatic rings. The van der Waals surface area contributed by atoms with Gasteiger partial charge in [-0.3, -0.25) is 9.59 Å². The van der Waals surface area contributed by atoms with E-state index in [1.54, 1.807) is 0 Å². The van der Waals surface area contributed by atoms with E-state index in [4.69, 9.17) is 5.11 Å². The predicted molar refractivity (Wildman–Crippen MR) is 87.8 cm³/mol. The Bertz CT molecular complexity index is 721. The molecule has 0 radical (unpaired) electrons. The highest BCUT2D eigenvalue weighted by molar-refractivity contribution is 7.89. The lowest BCUT2D eigenvalue weighted by molar-refractivity contribution is -0.137. The molecule has 9 heteroatoms. The summed E-state index contributed by atoms with van der Waals surface area (Å²) in [5, 5.41) is 11.2. The summed E-state index contributed by atoms with van der Waals surface area (Å²) in [6.07, 6.45) is 1.97. The number of carboxylic acid groups (broad SMARTS) is 1. The molecule has 25 heavy (non-hydrogen) atoms. The molecule has 138 valence electrons. The monoisotopic (exact) mass is 372 g/mol. The number of benzene rings is 1. The van der Waals surface area contributed by atoms with Gasteiger partial charge in [-0.05, 0) is 43.5 Å². The first-order valence-corrected chi connectivity index (χ1v) is 9.53. The smallest absolute Gasteiger partial charge is 0.303 e. The summed E-state index contributed by atoms with van der Waals surface area (Å²) in [5.41, 5.74) is 0. The van der Waals surface area contributed by atoms with E-state index in [0.717, 1.165) is 22.9 Å². The predicted octanol–water partition coefficient (Wildman–Crippen LogP) is 1.35. The van der Waals surface area contributed by atoms with E-state index in [-0.39, 0.29) is 30.8 Å². The number of hydrogen-bond donors (Lipinski definition) is 2. The van der Waals surface area contributed by atoms with E-state index in [9.17, 15) is 22.4 Å². The zero-order chi connectivity index (χ0) is 18.4. The van der Waals surface area contributed by atoms with E-state index < -0.39 is 33.8 Å². The van der Waals surface area contributed by atoms with Crippen LogP contribution in [-0.4, -0.2) is 48.8 Å². The van der Waals surface area contributed by atoms with Crippen LogP contribution in [0.25, 0.3) is 0 Å². The van der Waals surface area contributed by atoms with Crippen LogP contribution in [0, 0.1) is 5.82 Å². The Kier molecular flexibility index (Phi) is 6.49. The Morgan fingerprint density at radius 3 is 2.56 bits per heavy atom. The average molecular weight is 372 g/mol. The van der Waals surface area contributed by atoms with Gasteiger partial charge in [0, 0.05) is 19.5 Å². The van der Waals surface area contributed by atoms with E-state index in [1.165, 1.54) is 12.1 Å². The molecule has 1 atom stereocenters. The van der Waals surface area contributed by atoms with Gasteiger partial charge in [-0.1, -0.05) is 6.42 Å². The molecule has 1 amide bonds. The molecule has 0 saturated carbocycles. The minimum atomic E-state index is -3.91. The van der Waals surface area contributed by atoms with Crippen molar-refractivity contribution >= 4 is 21.9 Å². The normalized spacial score (nSPS) is 18.7. The van der Waals surface area contributed by atoms with Gasteiger partial charge < -0.3 is 10.4 Å². The Hall–Kier alpha value is -2.00. The number of carbonyl (C=O) groups excluding carboxylic acids is 1. The van der Waals surface area contributed by atoms with Crippen LogP contribution in [0.4, 0.5) is 4.39 Å². The second-order valence-corrected chi connectivity index (χ2v) is 7.76. The van der Waals surface area contributed by atoms with Crippen LogP contribution in [-0.2, 0) is 19.6 Å². The van der Waals surface area contributed by atoms with Gasteiger partial charge in [-0.25, -0.2) is 12.8 Å². The zero-order valence-corrected chi connectivity index (χ0v) is 14.5. The Morgan fingerprint density at radius 2 is 1.92 bits per heavy atom. The first kappa shape index (κ1) is 19.3. The average Bonchev–Trinajstić information content (AvgIpc) is 2.58. The highest BCUT2D eigenvalue weighted by atomic mass is 32.2. The summed E-state index contributed by atoms with van der Waals surface area (Å²) in [4.78, 5) is 22.8. The maximum Gasteiger partial charge on any atom is 0.303 e. The fraction of sp³-hybridized carbons (Fsp3) is 0.500. The molecule has 7 nitrogen and oxygen atoms in total. The highest BCUT2D eigenvalue weighted by Gasteiger charge is 2.37. The fourth-order valence-electron chi connectivity index (χ4n) is 2.77. The van der Waals surface area contributed by atoms with Crippen molar-refractivity contribution in [2.24, 2.45) is 0 Å². The molecule has 0 bridgehead atoms. The maximum absolute atomic E-state index is 13.0. The first-order valence-electron chi connectivity index (χ1n) is 8.09. The number of sulfonamides is 1. The number of carbonyl (C=O) groups is 2. The molecular weight excluding hydrogens is 351 g/mol. The van der Waals surface area contributed by atoms with Gasteiger partial charge in [-0.15, -0.1) is 0 Å². The Labute approximate surface area is 145 Å². The summed E-state index contributed by atoms with van der Waals surface area (Å²) >= 11 is 0. The molecule has 0 aromatic heterocycles. The van der Waals surface area contributed by atoms with E-state index in [0.29, 0.717) is 12.8 Å². The molecule has 1 aromatic carbocycles. The molecule has 2 N–H and O–H groups in total. The number of nitrogens with one attached hydrogen (secondary N) is 1. The van der Waals surface area contributed by atoms with Crippen molar-refractivity contribution < 1.29 is 27.5 Å². The van der Waals surface area contributed by atoms with Crippen molar-refractivity contribution in [3.8, 4) is 0 Å². The summed E-state index contributed by atoms with van der Waals surface area (Å²) in [5.74, 6) is -1.92. The third kappa shape index (κ3) is 4.99. The van der Waals surface area contributed by atoms with Crippen LogP contribution >= 0.6 is 0 Å². The first-order chi connectivity index (χ1) is 11.8. The van der Waals surface area contributed by atoms with Crippen LogP contribution in [0.2, 0.25) is 0 Å². The molecule has 0 aliphatic carbocycles. The minimum absolute atomic E-state index is 0.0560. The second kappa shape index (κ2) is 8.39. The molecule has 1 saturated heterocycles. The van der Waals surface area contributed by atoms with Crippen LogP contribution in [0.3, 0.4) is 0 Å². The van der Waals surface area contributed by atoms with E-state index >= 15 is 0 Å². The Morgan fingerprint density at radius 1 is 1.24 bits per heavy atom. The molecular formula is C16H21FN2O5S. The second-order valence-electron chi connectivity index (χ2n) is 5.87. The molecule has 0 unspecified atom stereocenters. The van der Waals surface area contributed by atoms with Gasteiger partial charge in [0.1, 0.15) is 11.9 Å². The molecule has 1 aromatic rings. The van der Waals surface area contributed by atoms with Crippen LogP contribution in [0.15, 0.2) is 29.2 Å². The van der Waals surface area contributed by atoms with Gasteiger partial charge in [0.25, 0.3) is 0 Å². The summed E-state index contributed by atoms with van der Waals surface area (Å²) in [6, 6.07) is 3.66. The van der Waals surface area contributed by atoms with Crippen molar-refractivity contribution in [2.75, 3.05) is 13.1 Å². The topological polar surface area (TPSA) is 104 Å². The number of nitrogens with zero attached hydrogens (tertiary/aromatic N) is 1. The largest absolute Gasteiger partial charge is 0.481 e. The number of aliphatic carboxylic acids is 1. The quantitative estimate of drug-likeness (QED) is 0.703. The van der Waals surface area contributed by atoms with Crippen LogP contribution in [0.1, 0.15) is 32.1 Å². The van der Waals surface area contributed by atoms with Crippen molar-refractivity contribution in [1.29, 1.82) is 0 Å². The SMILES string of the molecule is O=C(O)CCCNC(=O)[C@H]1CCCCN1S(=O)(=O)c1ccc(F)cc1. The van der Waals surface area contributed by atoms with Gasteiger partial charge in [0.2, 0.25) is 15.9 Å². The standard InChI is InChI=1S/C16H21FN2O5S/c17-12-6-8-13(9-7-12)25(23,24)19-11-2-1-4-14(19)16(22)18-10-3-5-15(20)21/h6-9,14H,1-5,10-11H2,(H,18,22)(H,20,21)/t14-/m1/s1. The van der Waals surface area contributed by atoms with Crippen LogP contribution < -0.4 is 5.32 Å². The maximum atomic E-state index is 13.0. The van der Waals surface area contributed by atoms with E-state index in [2.05, 4.69) is 5.32 Å². The number of rotatable bonds is 7. The van der Waals surface area contributed by atoms with E-state index in [1.807, 2.05) is 0 Å². The van der Waals surface area contributed by atoms with Crippen molar-refractivity contribution in [3.05, 3.63) is 30.1 Å². The summed E-state index contributed by atoms with van der Waals surface area (Å²) < 4.78 is 39.7. The number of halogens is 1. The van der Waals surface area contributed by atoms with Gasteiger partial charge in [-0.2, -0.15) is 4.31 Å².